The number of hydrogen-bond acceptors (Lipinski definition) is 3. The van der Waals surface area contributed by atoms with Gasteiger partial charge in [-0.15, -0.1) is 0 Å². The third kappa shape index (κ3) is 1.89. The SMILES string of the molecule is O=C(Nc1cccc2n[nH]nc12)C1(c2ccccc2)CC1. The minimum atomic E-state index is -0.382. The average Bonchev–Trinajstić information content (AvgIpc) is 3.20. The maximum atomic E-state index is 12.7. The molecule has 1 fully saturated rings. The standard InChI is InChI=1S/C16H14N4O/c21-15(16(9-10-16)11-5-2-1-3-6-11)17-12-7-4-8-13-14(12)19-20-18-13/h1-8H,9-10H2,(H,17,21)(H,18,19,20). The van der Waals surface area contributed by atoms with Crippen LogP contribution in [0.1, 0.15) is 18.4 Å². The highest BCUT2D eigenvalue weighted by Gasteiger charge is 2.51. The maximum absolute atomic E-state index is 12.7. The molecule has 3 aromatic rings. The van der Waals surface area contributed by atoms with Crippen LogP contribution in [0.15, 0.2) is 48.5 Å². The van der Waals surface area contributed by atoms with E-state index in [4.69, 9.17) is 0 Å². The normalized spacial score (nSPS) is 15.8. The molecule has 0 unspecified atom stereocenters. The van der Waals surface area contributed by atoms with Gasteiger partial charge in [-0.3, -0.25) is 4.79 Å². The van der Waals surface area contributed by atoms with Crippen molar-refractivity contribution >= 4 is 22.6 Å². The smallest absolute Gasteiger partial charge is 0.235 e. The van der Waals surface area contributed by atoms with Crippen molar-refractivity contribution < 1.29 is 4.79 Å². The molecule has 0 atom stereocenters. The minimum absolute atomic E-state index is 0.0317. The number of aromatic nitrogens is 3. The second-order valence-electron chi connectivity index (χ2n) is 5.40. The third-order valence-electron chi connectivity index (χ3n) is 4.11. The molecule has 2 N–H and O–H groups in total. The Morgan fingerprint density at radius 2 is 1.86 bits per heavy atom. The van der Waals surface area contributed by atoms with Gasteiger partial charge < -0.3 is 5.32 Å². The molecule has 0 bridgehead atoms. The van der Waals surface area contributed by atoms with Crippen molar-refractivity contribution in [2.24, 2.45) is 0 Å². The highest BCUT2D eigenvalue weighted by atomic mass is 16.2. The van der Waals surface area contributed by atoms with Gasteiger partial charge in [0.2, 0.25) is 5.91 Å². The molecule has 0 radical (unpaired) electrons. The molecule has 1 aliphatic rings. The van der Waals surface area contributed by atoms with Crippen LogP contribution < -0.4 is 5.32 Å². The Bertz CT molecular complexity index is 805. The zero-order valence-electron chi connectivity index (χ0n) is 11.3. The number of aromatic amines is 1. The van der Waals surface area contributed by atoms with Crippen LogP contribution in [0, 0.1) is 0 Å². The van der Waals surface area contributed by atoms with E-state index in [-0.39, 0.29) is 11.3 Å². The van der Waals surface area contributed by atoms with Crippen LogP contribution in [0.5, 0.6) is 0 Å². The summed E-state index contributed by atoms with van der Waals surface area (Å²) < 4.78 is 0. The molecule has 104 valence electrons. The van der Waals surface area contributed by atoms with Crippen molar-refractivity contribution in [1.29, 1.82) is 0 Å². The first-order chi connectivity index (χ1) is 10.3. The van der Waals surface area contributed by atoms with Crippen molar-refractivity contribution in [1.82, 2.24) is 15.4 Å². The van der Waals surface area contributed by atoms with Crippen LogP contribution in [0.4, 0.5) is 5.69 Å². The molecule has 4 rings (SSSR count). The quantitative estimate of drug-likeness (QED) is 0.773. The molecule has 2 aromatic carbocycles. The number of H-pyrrole nitrogens is 1. The second kappa shape index (κ2) is 4.41. The van der Waals surface area contributed by atoms with Crippen molar-refractivity contribution in [2.45, 2.75) is 18.3 Å². The monoisotopic (exact) mass is 278 g/mol. The summed E-state index contributed by atoms with van der Waals surface area (Å²) in [6.45, 7) is 0. The summed E-state index contributed by atoms with van der Waals surface area (Å²) in [5.41, 5.74) is 2.84. The first-order valence-electron chi connectivity index (χ1n) is 6.96. The summed E-state index contributed by atoms with van der Waals surface area (Å²) in [6.07, 6.45) is 1.77. The highest BCUT2D eigenvalue weighted by Crippen LogP contribution is 2.49. The van der Waals surface area contributed by atoms with Gasteiger partial charge in [-0.2, -0.15) is 15.4 Å². The van der Waals surface area contributed by atoms with E-state index in [1.54, 1.807) is 0 Å². The van der Waals surface area contributed by atoms with Crippen molar-refractivity contribution in [3.05, 3.63) is 54.1 Å². The molecule has 0 saturated heterocycles. The van der Waals surface area contributed by atoms with E-state index in [1.807, 2.05) is 48.5 Å². The molecule has 1 heterocycles. The Kier molecular flexibility index (Phi) is 2.54. The van der Waals surface area contributed by atoms with Gasteiger partial charge in [-0.1, -0.05) is 36.4 Å². The van der Waals surface area contributed by atoms with Crippen LogP contribution >= 0.6 is 0 Å². The Hall–Kier alpha value is -2.69. The summed E-state index contributed by atoms with van der Waals surface area (Å²) in [5.74, 6) is 0.0317. The van der Waals surface area contributed by atoms with Gasteiger partial charge in [0.15, 0.2) is 0 Å². The van der Waals surface area contributed by atoms with Gasteiger partial charge in [-0.05, 0) is 30.5 Å². The number of amides is 1. The first-order valence-corrected chi connectivity index (χ1v) is 6.96. The predicted octanol–water partition coefficient (Wildman–Crippen LogP) is 2.63. The number of anilines is 1. The van der Waals surface area contributed by atoms with E-state index in [0.717, 1.165) is 23.9 Å². The lowest BCUT2D eigenvalue weighted by Crippen LogP contribution is -2.27. The molecule has 0 spiro atoms. The summed E-state index contributed by atoms with van der Waals surface area (Å²) in [5, 5.41) is 13.7. The largest absolute Gasteiger partial charge is 0.323 e. The Labute approximate surface area is 121 Å². The number of rotatable bonds is 3. The molecule has 1 aliphatic carbocycles. The fraction of sp³-hybridized carbons (Fsp3) is 0.188. The van der Waals surface area contributed by atoms with Gasteiger partial charge in [-0.25, -0.2) is 0 Å². The van der Waals surface area contributed by atoms with Crippen molar-refractivity contribution in [3.8, 4) is 0 Å². The second-order valence-corrected chi connectivity index (χ2v) is 5.40. The summed E-state index contributed by atoms with van der Waals surface area (Å²) in [6, 6.07) is 15.5. The number of carbonyl (C=O) groups is 1. The maximum Gasteiger partial charge on any atom is 0.235 e. The van der Waals surface area contributed by atoms with E-state index < -0.39 is 0 Å². The third-order valence-corrected chi connectivity index (χ3v) is 4.11. The summed E-state index contributed by atoms with van der Waals surface area (Å²) >= 11 is 0. The Morgan fingerprint density at radius 3 is 2.62 bits per heavy atom. The van der Waals surface area contributed by atoms with E-state index in [0.29, 0.717) is 11.2 Å². The first kappa shape index (κ1) is 12.1. The van der Waals surface area contributed by atoms with E-state index in [2.05, 4.69) is 20.7 Å². The summed E-state index contributed by atoms with van der Waals surface area (Å²) in [7, 11) is 0. The number of nitrogens with one attached hydrogen (secondary N) is 2. The number of fused-ring (bicyclic) bond motifs is 1. The van der Waals surface area contributed by atoms with Crippen LogP contribution in [0.3, 0.4) is 0 Å². The topological polar surface area (TPSA) is 70.7 Å². The van der Waals surface area contributed by atoms with Crippen LogP contribution in [-0.4, -0.2) is 21.3 Å². The van der Waals surface area contributed by atoms with Crippen LogP contribution in [0.25, 0.3) is 11.0 Å². The summed E-state index contributed by atoms with van der Waals surface area (Å²) in [4.78, 5) is 12.7. The molecule has 0 aliphatic heterocycles. The number of para-hydroxylation sites is 1. The van der Waals surface area contributed by atoms with Gasteiger partial charge in [0, 0.05) is 0 Å². The van der Waals surface area contributed by atoms with Gasteiger partial charge in [0.05, 0.1) is 11.1 Å². The van der Waals surface area contributed by atoms with Gasteiger partial charge in [0.25, 0.3) is 0 Å². The van der Waals surface area contributed by atoms with Crippen molar-refractivity contribution in [3.63, 3.8) is 0 Å². The lowest BCUT2D eigenvalue weighted by atomic mass is 9.95. The molecular formula is C16H14N4O. The molecule has 1 saturated carbocycles. The van der Waals surface area contributed by atoms with Crippen LogP contribution in [-0.2, 0) is 10.2 Å². The molecule has 1 aromatic heterocycles. The average molecular weight is 278 g/mol. The fourth-order valence-electron chi connectivity index (χ4n) is 2.74. The van der Waals surface area contributed by atoms with E-state index >= 15 is 0 Å². The van der Waals surface area contributed by atoms with E-state index in [9.17, 15) is 4.79 Å². The van der Waals surface area contributed by atoms with E-state index in [1.165, 1.54) is 0 Å². The molecule has 5 heteroatoms. The zero-order chi connectivity index (χ0) is 14.3. The lowest BCUT2D eigenvalue weighted by Gasteiger charge is -2.15. The molecule has 5 nitrogen and oxygen atoms in total. The number of carbonyl (C=O) groups excluding carboxylic acids is 1. The van der Waals surface area contributed by atoms with Crippen molar-refractivity contribution in [2.75, 3.05) is 5.32 Å². The number of nitrogens with zero attached hydrogens (tertiary/aromatic N) is 2. The molecule has 21 heavy (non-hydrogen) atoms. The zero-order valence-corrected chi connectivity index (χ0v) is 11.3. The number of hydrogen-bond donors (Lipinski definition) is 2. The lowest BCUT2D eigenvalue weighted by molar-refractivity contribution is -0.118. The minimum Gasteiger partial charge on any atom is -0.323 e. The highest BCUT2D eigenvalue weighted by molar-refractivity contribution is 6.05. The van der Waals surface area contributed by atoms with Crippen LogP contribution in [0.2, 0.25) is 0 Å². The molecule has 1 amide bonds. The fourth-order valence-corrected chi connectivity index (χ4v) is 2.74. The van der Waals surface area contributed by atoms with Gasteiger partial charge in [0.1, 0.15) is 11.0 Å². The number of benzene rings is 2. The molecular weight excluding hydrogens is 264 g/mol. The Morgan fingerprint density at radius 1 is 1.05 bits per heavy atom. The Balaban J connectivity index is 1.66. The predicted molar refractivity (Wildman–Crippen MR) is 79.9 cm³/mol. The van der Waals surface area contributed by atoms with Gasteiger partial charge >= 0.3 is 0 Å².